The first-order valence-corrected chi connectivity index (χ1v) is 6.05. The second-order valence-corrected chi connectivity index (χ2v) is 4.13. The van der Waals surface area contributed by atoms with E-state index in [9.17, 15) is 4.79 Å². The topological polar surface area (TPSA) is 48.4 Å². The molecule has 2 aromatic rings. The summed E-state index contributed by atoms with van der Waals surface area (Å²) in [5, 5.41) is 1.49. The van der Waals surface area contributed by atoms with Crippen molar-refractivity contribution in [2.75, 3.05) is 13.2 Å². The van der Waals surface area contributed by atoms with E-state index in [0.29, 0.717) is 10.8 Å². The fourth-order valence-corrected chi connectivity index (χ4v) is 1.74. The Kier molecular flexibility index (Phi) is 4.36. The molecule has 0 saturated heterocycles. The van der Waals surface area contributed by atoms with E-state index < -0.39 is 5.97 Å². The Morgan fingerprint density at radius 3 is 3.00 bits per heavy atom. The number of rotatable bonds is 5. The third-order valence-corrected chi connectivity index (χ3v) is 2.65. The number of hydrogen-bond donors (Lipinski definition) is 0. The maximum Gasteiger partial charge on any atom is 0.330 e. The maximum absolute atomic E-state index is 10.9. The first kappa shape index (κ1) is 13.4. The van der Waals surface area contributed by atoms with Crippen molar-refractivity contribution >= 4 is 28.5 Å². The average molecular weight is 278 g/mol. The SMILES string of the molecule is C=CC(=O)OCCOc1ccnc2cc(Cl)ccc12. The predicted molar refractivity (Wildman–Crippen MR) is 73.4 cm³/mol. The summed E-state index contributed by atoms with van der Waals surface area (Å²) in [5.41, 5.74) is 0.757. The van der Waals surface area contributed by atoms with Gasteiger partial charge < -0.3 is 9.47 Å². The van der Waals surface area contributed by atoms with Gasteiger partial charge in [0.1, 0.15) is 19.0 Å². The van der Waals surface area contributed by atoms with E-state index in [1.807, 2.05) is 6.07 Å². The van der Waals surface area contributed by atoms with Gasteiger partial charge in [0.2, 0.25) is 0 Å². The van der Waals surface area contributed by atoms with E-state index in [1.54, 1.807) is 24.4 Å². The molecule has 0 aliphatic carbocycles. The summed E-state index contributed by atoms with van der Waals surface area (Å²) in [6.07, 6.45) is 2.76. The zero-order chi connectivity index (χ0) is 13.7. The van der Waals surface area contributed by atoms with E-state index in [-0.39, 0.29) is 13.2 Å². The number of aromatic nitrogens is 1. The van der Waals surface area contributed by atoms with E-state index in [1.165, 1.54) is 0 Å². The minimum absolute atomic E-state index is 0.169. The number of fused-ring (bicyclic) bond motifs is 1. The lowest BCUT2D eigenvalue weighted by atomic mass is 10.2. The molecule has 0 N–H and O–H groups in total. The lowest BCUT2D eigenvalue weighted by Crippen LogP contribution is -2.10. The van der Waals surface area contributed by atoms with Crippen molar-refractivity contribution in [1.82, 2.24) is 4.98 Å². The number of ether oxygens (including phenoxy) is 2. The molecule has 0 radical (unpaired) electrons. The van der Waals surface area contributed by atoms with E-state index in [4.69, 9.17) is 21.1 Å². The number of halogens is 1. The van der Waals surface area contributed by atoms with Crippen LogP contribution in [0.15, 0.2) is 43.1 Å². The maximum atomic E-state index is 10.9. The fraction of sp³-hybridized carbons (Fsp3) is 0.143. The molecule has 5 heteroatoms. The number of hydrogen-bond acceptors (Lipinski definition) is 4. The Labute approximate surface area is 115 Å². The number of nitrogens with zero attached hydrogens (tertiary/aromatic N) is 1. The molecule has 19 heavy (non-hydrogen) atoms. The van der Waals surface area contributed by atoms with Crippen LogP contribution in [0.5, 0.6) is 5.75 Å². The zero-order valence-corrected chi connectivity index (χ0v) is 10.9. The van der Waals surface area contributed by atoms with Gasteiger partial charge in [0.05, 0.1) is 5.52 Å². The van der Waals surface area contributed by atoms with Crippen molar-refractivity contribution < 1.29 is 14.3 Å². The molecular weight excluding hydrogens is 266 g/mol. The first-order valence-electron chi connectivity index (χ1n) is 5.67. The fourth-order valence-electron chi connectivity index (χ4n) is 1.57. The summed E-state index contributed by atoms with van der Waals surface area (Å²) in [6, 6.07) is 7.14. The van der Waals surface area contributed by atoms with Crippen molar-refractivity contribution in [1.29, 1.82) is 0 Å². The molecule has 0 atom stereocenters. The van der Waals surface area contributed by atoms with E-state index >= 15 is 0 Å². The molecule has 1 aromatic heterocycles. The van der Waals surface area contributed by atoms with Crippen LogP contribution >= 0.6 is 11.6 Å². The van der Waals surface area contributed by atoms with Gasteiger partial charge in [0, 0.05) is 22.7 Å². The van der Waals surface area contributed by atoms with Crippen molar-refractivity contribution in [2.24, 2.45) is 0 Å². The van der Waals surface area contributed by atoms with Crippen LogP contribution in [0.4, 0.5) is 0 Å². The molecule has 4 nitrogen and oxygen atoms in total. The predicted octanol–water partition coefficient (Wildman–Crippen LogP) is 3.00. The Morgan fingerprint density at radius 2 is 2.21 bits per heavy atom. The summed E-state index contributed by atoms with van der Waals surface area (Å²) < 4.78 is 10.4. The van der Waals surface area contributed by atoms with Crippen molar-refractivity contribution in [3.63, 3.8) is 0 Å². The van der Waals surface area contributed by atoms with Gasteiger partial charge in [-0.3, -0.25) is 4.98 Å². The van der Waals surface area contributed by atoms with Gasteiger partial charge in [-0.25, -0.2) is 4.79 Å². The Balaban J connectivity index is 2.04. The molecule has 0 unspecified atom stereocenters. The Hall–Kier alpha value is -2.07. The molecule has 1 heterocycles. The van der Waals surface area contributed by atoms with Crippen LogP contribution in [-0.2, 0) is 9.53 Å². The number of carbonyl (C=O) groups excluding carboxylic acids is 1. The molecule has 98 valence electrons. The molecule has 0 bridgehead atoms. The summed E-state index contributed by atoms with van der Waals surface area (Å²) in [7, 11) is 0. The third kappa shape index (κ3) is 3.45. The molecule has 0 aliphatic heterocycles. The van der Waals surface area contributed by atoms with Crippen molar-refractivity contribution in [3.8, 4) is 5.75 Å². The summed E-state index contributed by atoms with van der Waals surface area (Å²) in [5.74, 6) is 0.214. The largest absolute Gasteiger partial charge is 0.489 e. The van der Waals surface area contributed by atoms with Crippen LogP contribution in [-0.4, -0.2) is 24.2 Å². The number of esters is 1. The van der Waals surface area contributed by atoms with Crippen LogP contribution < -0.4 is 4.74 Å². The molecule has 0 aliphatic rings. The molecule has 0 saturated carbocycles. The first-order chi connectivity index (χ1) is 9.20. The van der Waals surface area contributed by atoms with Gasteiger partial charge in [0.25, 0.3) is 0 Å². The number of pyridine rings is 1. The molecule has 2 rings (SSSR count). The van der Waals surface area contributed by atoms with Gasteiger partial charge in [-0.1, -0.05) is 18.2 Å². The average Bonchev–Trinajstić information content (AvgIpc) is 2.42. The van der Waals surface area contributed by atoms with Gasteiger partial charge in [-0.2, -0.15) is 0 Å². The summed E-state index contributed by atoms with van der Waals surface area (Å²) in [4.78, 5) is 15.1. The smallest absolute Gasteiger partial charge is 0.330 e. The minimum Gasteiger partial charge on any atom is -0.489 e. The second kappa shape index (κ2) is 6.20. The molecule has 1 aromatic carbocycles. The summed E-state index contributed by atoms with van der Waals surface area (Å²) >= 11 is 5.90. The monoisotopic (exact) mass is 277 g/mol. The Morgan fingerprint density at radius 1 is 1.37 bits per heavy atom. The molecular formula is C14H12ClNO3. The zero-order valence-electron chi connectivity index (χ0n) is 10.1. The van der Waals surface area contributed by atoms with Crippen LogP contribution in [0, 0.1) is 0 Å². The van der Waals surface area contributed by atoms with Gasteiger partial charge >= 0.3 is 5.97 Å². The van der Waals surface area contributed by atoms with E-state index in [0.717, 1.165) is 17.0 Å². The van der Waals surface area contributed by atoms with E-state index in [2.05, 4.69) is 11.6 Å². The lowest BCUT2D eigenvalue weighted by Gasteiger charge is -2.09. The summed E-state index contributed by atoms with van der Waals surface area (Å²) in [6.45, 7) is 3.74. The van der Waals surface area contributed by atoms with Crippen LogP contribution in [0.25, 0.3) is 10.9 Å². The van der Waals surface area contributed by atoms with Crippen molar-refractivity contribution in [3.05, 3.63) is 48.1 Å². The highest BCUT2D eigenvalue weighted by atomic mass is 35.5. The van der Waals surface area contributed by atoms with Gasteiger partial charge in [-0.05, 0) is 24.3 Å². The quantitative estimate of drug-likeness (QED) is 0.479. The van der Waals surface area contributed by atoms with Gasteiger partial charge in [-0.15, -0.1) is 0 Å². The minimum atomic E-state index is -0.463. The van der Waals surface area contributed by atoms with Gasteiger partial charge in [0.15, 0.2) is 0 Å². The normalized spacial score (nSPS) is 10.2. The van der Waals surface area contributed by atoms with Crippen LogP contribution in [0.3, 0.4) is 0 Å². The highest BCUT2D eigenvalue weighted by Crippen LogP contribution is 2.25. The lowest BCUT2D eigenvalue weighted by molar-refractivity contribution is -0.138. The third-order valence-electron chi connectivity index (χ3n) is 2.42. The van der Waals surface area contributed by atoms with Crippen LogP contribution in [0.1, 0.15) is 0 Å². The number of carbonyl (C=O) groups is 1. The standard InChI is InChI=1S/C14H12ClNO3/c1-2-14(17)19-8-7-18-13-5-6-16-12-9-10(15)3-4-11(12)13/h2-6,9H,1,7-8H2. The molecule has 0 fully saturated rings. The van der Waals surface area contributed by atoms with Crippen molar-refractivity contribution in [2.45, 2.75) is 0 Å². The van der Waals surface area contributed by atoms with Crippen LogP contribution in [0.2, 0.25) is 5.02 Å². The highest BCUT2D eigenvalue weighted by molar-refractivity contribution is 6.31. The highest BCUT2D eigenvalue weighted by Gasteiger charge is 2.04. The second-order valence-electron chi connectivity index (χ2n) is 3.69. The molecule has 0 amide bonds. The Bertz CT molecular complexity index is 613. The molecule has 0 spiro atoms. The number of benzene rings is 1.